The van der Waals surface area contributed by atoms with Crippen LogP contribution in [-0.2, 0) is 11.2 Å². The van der Waals surface area contributed by atoms with Crippen molar-refractivity contribution in [1.82, 2.24) is 20.8 Å². The molecule has 0 fully saturated rings. The topological polar surface area (TPSA) is 80.0 Å². The highest BCUT2D eigenvalue weighted by molar-refractivity contribution is 5.78. The van der Waals surface area contributed by atoms with Crippen LogP contribution in [0.4, 0.5) is 0 Å². The largest absolute Gasteiger partial charge is 0.354 e. The summed E-state index contributed by atoms with van der Waals surface area (Å²) in [6.07, 6.45) is 1.90. The van der Waals surface area contributed by atoms with Crippen LogP contribution in [0.25, 0.3) is 0 Å². The Balaban J connectivity index is 2.11. The second-order valence-electron chi connectivity index (χ2n) is 4.54. The summed E-state index contributed by atoms with van der Waals surface area (Å²) in [5, 5.41) is 9.34. The van der Waals surface area contributed by atoms with Crippen LogP contribution >= 0.6 is 0 Å². The Morgan fingerprint density at radius 1 is 1.50 bits per heavy atom. The molecule has 1 heterocycles. The molecule has 0 aromatic carbocycles. The van der Waals surface area contributed by atoms with Crippen LogP contribution in [0, 0.1) is 0 Å². The van der Waals surface area contributed by atoms with E-state index in [0.29, 0.717) is 25.4 Å². The number of nitrogens with zero attached hydrogens (tertiary/aromatic N) is 2. The van der Waals surface area contributed by atoms with E-state index in [1.807, 2.05) is 20.8 Å². The van der Waals surface area contributed by atoms with Crippen LogP contribution in [0.2, 0.25) is 0 Å². The highest BCUT2D eigenvalue weighted by atomic mass is 16.5. The fraction of sp³-hybridized carbons (Fsp3) is 0.700. The SMILES string of the molecule is CC(C)(C)NCC(=O)NCCc1ncno1. The fourth-order valence-corrected chi connectivity index (χ4v) is 1.02. The quantitative estimate of drug-likeness (QED) is 0.745. The molecule has 1 aromatic rings. The summed E-state index contributed by atoms with van der Waals surface area (Å²) < 4.78 is 4.80. The van der Waals surface area contributed by atoms with Gasteiger partial charge < -0.3 is 15.2 Å². The number of carbonyl (C=O) groups excluding carboxylic acids is 1. The van der Waals surface area contributed by atoms with Crippen molar-refractivity contribution in [2.75, 3.05) is 13.1 Å². The van der Waals surface area contributed by atoms with Gasteiger partial charge in [0.1, 0.15) is 0 Å². The Morgan fingerprint density at radius 3 is 2.81 bits per heavy atom. The maximum absolute atomic E-state index is 11.4. The average molecular weight is 226 g/mol. The number of aromatic nitrogens is 2. The lowest BCUT2D eigenvalue weighted by atomic mass is 10.1. The number of hydrogen-bond acceptors (Lipinski definition) is 5. The van der Waals surface area contributed by atoms with Crippen LogP contribution in [-0.4, -0.2) is 34.7 Å². The molecular weight excluding hydrogens is 208 g/mol. The number of hydrogen-bond donors (Lipinski definition) is 2. The Hall–Kier alpha value is -1.43. The van der Waals surface area contributed by atoms with Crippen molar-refractivity contribution in [1.29, 1.82) is 0 Å². The maximum Gasteiger partial charge on any atom is 0.233 e. The van der Waals surface area contributed by atoms with Gasteiger partial charge in [-0.05, 0) is 20.8 Å². The van der Waals surface area contributed by atoms with Crippen molar-refractivity contribution in [2.45, 2.75) is 32.7 Å². The normalized spacial score (nSPS) is 11.4. The van der Waals surface area contributed by atoms with Crippen molar-refractivity contribution in [2.24, 2.45) is 0 Å². The van der Waals surface area contributed by atoms with E-state index in [-0.39, 0.29) is 11.4 Å². The van der Waals surface area contributed by atoms with E-state index in [1.165, 1.54) is 6.33 Å². The zero-order valence-electron chi connectivity index (χ0n) is 9.91. The standard InChI is InChI=1S/C10H18N4O2/c1-10(2,3)13-6-8(15)11-5-4-9-12-7-14-16-9/h7,13H,4-6H2,1-3H3,(H,11,15). The van der Waals surface area contributed by atoms with E-state index in [4.69, 9.17) is 4.52 Å². The lowest BCUT2D eigenvalue weighted by Crippen LogP contribution is -2.43. The van der Waals surface area contributed by atoms with E-state index < -0.39 is 0 Å². The molecule has 1 rings (SSSR count). The molecule has 0 aliphatic carbocycles. The zero-order valence-corrected chi connectivity index (χ0v) is 9.91. The number of carbonyl (C=O) groups is 1. The molecule has 0 aliphatic heterocycles. The first kappa shape index (κ1) is 12.6. The average Bonchev–Trinajstić information content (AvgIpc) is 2.66. The van der Waals surface area contributed by atoms with E-state index in [0.717, 1.165) is 0 Å². The second-order valence-corrected chi connectivity index (χ2v) is 4.54. The summed E-state index contributed by atoms with van der Waals surface area (Å²) >= 11 is 0. The summed E-state index contributed by atoms with van der Waals surface area (Å²) in [7, 11) is 0. The van der Waals surface area contributed by atoms with E-state index >= 15 is 0 Å². The molecule has 0 bridgehead atoms. The first-order chi connectivity index (χ1) is 7.47. The summed E-state index contributed by atoms with van der Waals surface area (Å²) in [5.41, 5.74) is -0.0518. The molecule has 0 saturated heterocycles. The predicted octanol–water partition coefficient (Wildman–Crippen LogP) is 0.116. The van der Waals surface area contributed by atoms with Crippen molar-refractivity contribution in [3.8, 4) is 0 Å². The van der Waals surface area contributed by atoms with Crippen LogP contribution in [0.5, 0.6) is 0 Å². The Bertz CT molecular complexity index is 316. The van der Waals surface area contributed by atoms with Crippen LogP contribution in [0.3, 0.4) is 0 Å². The molecule has 6 nitrogen and oxygen atoms in total. The molecular formula is C10H18N4O2. The molecule has 0 radical (unpaired) electrons. The van der Waals surface area contributed by atoms with Crippen molar-refractivity contribution >= 4 is 5.91 Å². The monoisotopic (exact) mass is 226 g/mol. The van der Waals surface area contributed by atoms with Gasteiger partial charge in [0.2, 0.25) is 11.8 Å². The Morgan fingerprint density at radius 2 is 2.25 bits per heavy atom. The van der Waals surface area contributed by atoms with Crippen molar-refractivity contribution in [3.63, 3.8) is 0 Å². The fourth-order valence-electron chi connectivity index (χ4n) is 1.02. The van der Waals surface area contributed by atoms with Crippen molar-refractivity contribution < 1.29 is 9.32 Å². The Labute approximate surface area is 94.8 Å². The molecule has 90 valence electrons. The highest BCUT2D eigenvalue weighted by Crippen LogP contribution is 1.96. The van der Waals surface area contributed by atoms with Gasteiger partial charge in [0.15, 0.2) is 6.33 Å². The molecule has 0 unspecified atom stereocenters. The van der Waals surface area contributed by atoms with Gasteiger partial charge in [0, 0.05) is 18.5 Å². The molecule has 0 spiro atoms. The number of amides is 1. The first-order valence-electron chi connectivity index (χ1n) is 5.25. The lowest BCUT2D eigenvalue weighted by Gasteiger charge is -2.19. The van der Waals surface area contributed by atoms with E-state index in [9.17, 15) is 4.79 Å². The number of nitrogens with one attached hydrogen (secondary N) is 2. The third-order valence-corrected chi connectivity index (χ3v) is 1.85. The summed E-state index contributed by atoms with van der Waals surface area (Å²) in [6, 6.07) is 0. The third kappa shape index (κ3) is 5.45. The Kier molecular flexibility index (Phi) is 4.42. The molecule has 6 heteroatoms. The zero-order chi connectivity index (χ0) is 12.0. The predicted molar refractivity (Wildman–Crippen MR) is 58.8 cm³/mol. The molecule has 16 heavy (non-hydrogen) atoms. The van der Waals surface area contributed by atoms with E-state index in [2.05, 4.69) is 20.8 Å². The number of rotatable bonds is 5. The third-order valence-electron chi connectivity index (χ3n) is 1.85. The van der Waals surface area contributed by atoms with Gasteiger partial charge in [0.25, 0.3) is 0 Å². The first-order valence-corrected chi connectivity index (χ1v) is 5.25. The van der Waals surface area contributed by atoms with Crippen molar-refractivity contribution in [3.05, 3.63) is 12.2 Å². The smallest absolute Gasteiger partial charge is 0.233 e. The van der Waals surface area contributed by atoms with Gasteiger partial charge >= 0.3 is 0 Å². The van der Waals surface area contributed by atoms with Crippen LogP contribution < -0.4 is 10.6 Å². The minimum absolute atomic E-state index is 0.0329. The van der Waals surface area contributed by atoms with Gasteiger partial charge in [-0.1, -0.05) is 5.16 Å². The lowest BCUT2D eigenvalue weighted by molar-refractivity contribution is -0.120. The van der Waals surface area contributed by atoms with Gasteiger partial charge in [-0.15, -0.1) is 0 Å². The molecule has 0 saturated carbocycles. The van der Waals surface area contributed by atoms with Gasteiger partial charge in [-0.2, -0.15) is 4.98 Å². The highest BCUT2D eigenvalue weighted by Gasteiger charge is 2.10. The van der Waals surface area contributed by atoms with E-state index in [1.54, 1.807) is 0 Å². The molecule has 0 atom stereocenters. The molecule has 1 amide bonds. The minimum Gasteiger partial charge on any atom is -0.354 e. The summed E-state index contributed by atoms with van der Waals surface area (Å²) in [6.45, 7) is 6.86. The molecule has 0 aliphatic rings. The summed E-state index contributed by atoms with van der Waals surface area (Å²) in [5.74, 6) is 0.499. The minimum atomic E-state index is -0.0518. The summed E-state index contributed by atoms with van der Waals surface area (Å²) in [4.78, 5) is 15.2. The van der Waals surface area contributed by atoms with Crippen LogP contribution in [0.1, 0.15) is 26.7 Å². The molecule has 2 N–H and O–H groups in total. The van der Waals surface area contributed by atoms with Gasteiger partial charge in [0.05, 0.1) is 6.54 Å². The maximum atomic E-state index is 11.4. The molecule has 1 aromatic heterocycles. The van der Waals surface area contributed by atoms with Gasteiger partial charge in [-0.3, -0.25) is 4.79 Å². The second kappa shape index (κ2) is 5.60. The van der Waals surface area contributed by atoms with Crippen LogP contribution in [0.15, 0.2) is 10.9 Å². The van der Waals surface area contributed by atoms with Gasteiger partial charge in [-0.25, -0.2) is 0 Å².